The van der Waals surface area contributed by atoms with Crippen LogP contribution in [-0.4, -0.2) is 43.1 Å². The molecule has 1 aliphatic rings. The molecule has 1 fully saturated rings. The molecule has 2 aromatic heterocycles. The number of carbonyl (C=O) groups is 1. The SMILES string of the molecule is Cc1cc(CC(=O)N[C@@H]2CC(Cn3cccn3)C[C@H]2O)n[nH]1. The summed E-state index contributed by atoms with van der Waals surface area (Å²) in [6.07, 6.45) is 4.86. The number of aryl methyl sites for hydroxylation is 1. The third-order valence-electron chi connectivity index (χ3n) is 4.08. The highest BCUT2D eigenvalue weighted by atomic mass is 16.3. The first-order valence-corrected chi connectivity index (χ1v) is 7.56. The number of nitrogens with zero attached hydrogens (tertiary/aromatic N) is 3. The lowest BCUT2D eigenvalue weighted by Crippen LogP contribution is -2.40. The molecule has 118 valence electrons. The summed E-state index contributed by atoms with van der Waals surface area (Å²) in [5.74, 6) is 0.225. The van der Waals surface area contributed by atoms with Gasteiger partial charge in [-0.1, -0.05) is 0 Å². The van der Waals surface area contributed by atoms with Crippen molar-refractivity contribution in [2.75, 3.05) is 0 Å². The van der Waals surface area contributed by atoms with Gasteiger partial charge in [-0.25, -0.2) is 0 Å². The fourth-order valence-electron chi connectivity index (χ4n) is 3.08. The molecule has 3 atom stereocenters. The summed E-state index contributed by atoms with van der Waals surface area (Å²) in [5.41, 5.74) is 1.65. The number of aliphatic hydroxyl groups excluding tert-OH is 1. The van der Waals surface area contributed by atoms with Crippen LogP contribution in [0.3, 0.4) is 0 Å². The van der Waals surface area contributed by atoms with E-state index in [1.165, 1.54) is 0 Å². The zero-order chi connectivity index (χ0) is 15.5. The molecule has 2 aromatic rings. The maximum absolute atomic E-state index is 12.1. The van der Waals surface area contributed by atoms with Gasteiger partial charge in [0.1, 0.15) is 0 Å². The van der Waals surface area contributed by atoms with Crippen molar-refractivity contribution in [3.8, 4) is 0 Å². The van der Waals surface area contributed by atoms with Gasteiger partial charge in [-0.2, -0.15) is 10.2 Å². The van der Waals surface area contributed by atoms with Crippen molar-refractivity contribution < 1.29 is 9.90 Å². The van der Waals surface area contributed by atoms with Crippen molar-refractivity contribution in [1.82, 2.24) is 25.3 Å². The van der Waals surface area contributed by atoms with Crippen LogP contribution >= 0.6 is 0 Å². The van der Waals surface area contributed by atoms with E-state index in [2.05, 4.69) is 20.6 Å². The Labute approximate surface area is 128 Å². The van der Waals surface area contributed by atoms with Gasteiger partial charge in [-0.05, 0) is 37.8 Å². The molecule has 1 aliphatic carbocycles. The number of hydrogen-bond acceptors (Lipinski definition) is 4. The van der Waals surface area contributed by atoms with Crippen LogP contribution in [0, 0.1) is 12.8 Å². The number of H-pyrrole nitrogens is 1. The Hall–Kier alpha value is -2.15. The van der Waals surface area contributed by atoms with Crippen molar-refractivity contribution in [1.29, 1.82) is 0 Å². The first-order chi connectivity index (χ1) is 10.6. The molecule has 1 amide bonds. The minimum Gasteiger partial charge on any atom is -0.391 e. The smallest absolute Gasteiger partial charge is 0.226 e. The van der Waals surface area contributed by atoms with Gasteiger partial charge in [0.15, 0.2) is 0 Å². The minimum absolute atomic E-state index is 0.102. The summed E-state index contributed by atoms with van der Waals surface area (Å²) < 4.78 is 1.87. The van der Waals surface area contributed by atoms with Gasteiger partial charge in [0.25, 0.3) is 0 Å². The molecule has 0 spiro atoms. The van der Waals surface area contributed by atoms with Gasteiger partial charge in [0.2, 0.25) is 5.91 Å². The summed E-state index contributed by atoms with van der Waals surface area (Å²) in [6, 6.07) is 3.55. The van der Waals surface area contributed by atoms with Gasteiger partial charge >= 0.3 is 0 Å². The summed E-state index contributed by atoms with van der Waals surface area (Å²) in [5, 5.41) is 24.1. The van der Waals surface area contributed by atoms with E-state index in [1.54, 1.807) is 6.20 Å². The molecule has 7 heteroatoms. The van der Waals surface area contributed by atoms with E-state index in [9.17, 15) is 9.90 Å². The van der Waals surface area contributed by atoms with E-state index in [1.807, 2.05) is 29.9 Å². The monoisotopic (exact) mass is 303 g/mol. The number of aromatic nitrogens is 4. The topological polar surface area (TPSA) is 95.8 Å². The molecule has 0 aromatic carbocycles. The molecule has 3 rings (SSSR count). The standard InChI is InChI=1S/C15H21N5O2/c1-10-5-12(19-18-10)8-15(22)17-13-6-11(7-14(13)21)9-20-4-2-3-16-20/h2-5,11,13-14,21H,6-9H2,1H3,(H,17,22)(H,18,19)/t11?,13-,14-/m1/s1. The Morgan fingerprint density at radius 2 is 2.41 bits per heavy atom. The van der Waals surface area contributed by atoms with Crippen molar-refractivity contribution >= 4 is 5.91 Å². The van der Waals surface area contributed by atoms with Gasteiger partial charge in [0, 0.05) is 24.6 Å². The highest BCUT2D eigenvalue weighted by molar-refractivity contribution is 5.78. The first-order valence-electron chi connectivity index (χ1n) is 7.56. The average Bonchev–Trinajstić information content (AvgIpc) is 3.15. The molecule has 0 aliphatic heterocycles. The molecular formula is C15H21N5O2. The van der Waals surface area contributed by atoms with Crippen molar-refractivity contribution in [3.05, 3.63) is 35.9 Å². The molecule has 0 saturated heterocycles. The number of carbonyl (C=O) groups excluding carboxylic acids is 1. The van der Waals surface area contributed by atoms with Gasteiger partial charge in [0.05, 0.1) is 24.3 Å². The fourth-order valence-corrected chi connectivity index (χ4v) is 3.08. The van der Waals surface area contributed by atoms with E-state index >= 15 is 0 Å². The quantitative estimate of drug-likeness (QED) is 0.745. The number of rotatable bonds is 5. The van der Waals surface area contributed by atoms with Crippen LogP contribution in [0.4, 0.5) is 0 Å². The summed E-state index contributed by atoms with van der Waals surface area (Å²) >= 11 is 0. The average molecular weight is 303 g/mol. The lowest BCUT2D eigenvalue weighted by molar-refractivity contribution is -0.121. The molecule has 3 N–H and O–H groups in total. The number of nitrogens with one attached hydrogen (secondary N) is 2. The van der Waals surface area contributed by atoms with Gasteiger partial charge in [-0.15, -0.1) is 0 Å². The Kier molecular flexibility index (Phi) is 4.24. The minimum atomic E-state index is -0.495. The predicted octanol–water partition coefficient (Wildman–Crippen LogP) is 0.413. The normalized spacial score (nSPS) is 24.5. The molecule has 7 nitrogen and oxygen atoms in total. The van der Waals surface area contributed by atoms with E-state index < -0.39 is 6.10 Å². The van der Waals surface area contributed by atoms with Crippen LogP contribution in [0.5, 0.6) is 0 Å². The summed E-state index contributed by atoms with van der Waals surface area (Å²) in [7, 11) is 0. The van der Waals surface area contributed by atoms with E-state index in [4.69, 9.17) is 0 Å². The second kappa shape index (κ2) is 6.31. The van der Waals surface area contributed by atoms with Crippen LogP contribution in [0.1, 0.15) is 24.2 Å². The molecule has 0 bridgehead atoms. The van der Waals surface area contributed by atoms with Gasteiger partial charge in [-0.3, -0.25) is 14.6 Å². The maximum atomic E-state index is 12.1. The highest BCUT2D eigenvalue weighted by Crippen LogP contribution is 2.27. The predicted molar refractivity (Wildman–Crippen MR) is 79.9 cm³/mol. The third kappa shape index (κ3) is 3.54. The van der Waals surface area contributed by atoms with E-state index in [0.29, 0.717) is 12.3 Å². The zero-order valence-electron chi connectivity index (χ0n) is 12.6. The second-order valence-electron chi connectivity index (χ2n) is 6.03. The Morgan fingerprint density at radius 3 is 3.09 bits per heavy atom. The van der Waals surface area contributed by atoms with Crippen molar-refractivity contribution in [2.24, 2.45) is 5.92 Å². The molecule has 1 unspecified atom stereocenters. The van der Waals surface area contributed by atoms with Crippen molar-refractivity contribution in [3.63, 3.8) is 0 Å². The summed E-state index contributed by atoms with van der Waals surface area (Å²) in [6.45, 7) is 2.67. The van der Waals surface area contributed by atoms with Crippen LogP contribution < -0.4 is 5.32 Å². The van der Waals surface area contributed by atoms with Crippen LogP contribution in [-0.2, 0) is 17.8 Å². The second-order valence-corrected chi connectivity index (χ2v) is 6.03. The Morgan fingerprint density at radius 1 is 1.55 bits per heavy atom. The Balaban J connectivity index is 1.50. The molecular weight excluding hydrogens is 282 g/mol. The van der Waals surface area contributed by atoms with Crippen LogP contribution in [0.2, 0.25) is 0 Å². The third-order valence-corrected chi connectivity index (χ3v) is 4.08. The first kappa shape index (κ1) is 14.8. The van der Waals surface area contributed by atoms with Crippen molar-refractivity contribution in [2.45, 2.75) is 44.9 Å². The van der Waals surface area contributed by atoms with Gasteiger partial charge < -0.3 is 10.4 Å². The maximum Gasteiger partial charge on any atom is 0.226 e. The van der Waals surface area contributed by atoms with Crippen LogP contribution in [0.25, 0.3) is 0 Å². The number of amides is 1. The molecule has 0 radical (unpaired) electrons. The van der Waals surface area contributed by atoms with Crippen LogP contribution in [0.15, 0.2) is 24.5 Å². The number of aliphatic hydroxyl groups is 1. The molecule has 1 saturated carbocycles. The van der Waals surface area contributed by atoms with E-state index in [0.717, 1.165) is 24.4 Å². The lowest BCUT2D eigenvalue weighted by Gasteiger charge is -2.16. The molecule has 2 heterocycles. The van der Waals surface area contributed by atoms with E-state index in [-0.39, 0.29) is 18.4 Å². The molecule has 22 heavy (non-hydrogen) atoms. The fraction of sp³-hybridized carbons (Fsp3) is 0.533. The number of hydrogen-bond donors (Lipinski definition) is 3. The summed E-state index contributed by atoms with van der Waals surface area (Å²) in [4.78, 5) is 12.1. The zero-order valence-corrected chi connectivity index (χ0v) is 12.6. The Bertz CT molecular complexity index is 622. The largest absolute Gasteiger partial charge is 0.391 e. The highest BCUT2D eigenvalue weighted by Gasteiger charge is 2.34. The number of aromatic amines is 1. The lowest BCUT2D eigenvalue weighted by atomic mass is 10.1.